The third kappa shape index (κ3) is 8.85. The van der Waals surface area contributed by atoms with E-state index in [1.165, 1.54) is 12.1 Å². The first kappa shape index (κ1) is 36.0. The van der Waals surface area contributed by atoms with Gasteiger partial charge in [0.25, 0.3) is 10.1 Å². The summed E-state index contributed by atoms with van der Waals surface area (Å²) in [6.07, 6.45) is -16.2. The smallest absolute Gasteiger partial charge is 0.297 e. The molecule has 2 aliphatic rings. The molecular formula is C25H44N4O13S. The van der Waals surface area contributed by atoms with Gasteiger partial charge in [0.2, 0.25) is 0 Å². The summed E-state index contributed by atoms with van der Waals surface area (Å²) in [5.41, 5.74) is 24.4. The Labute approximate surface area is 249 Å². The predicted octanol–water partition coefficient (Wildman–Crippen LogP) is -5.32. The Hall–Kier alpha value is -1.43. The number of aliphatic hydroxyl groups is 6. The number of ether oxygens (including phenoxy) is 4. The van der Waals surface area contributed by atoms with Crippen LogP contribution >= 0.6 is 0 Å². The third-order valence-electron chi connectivity index (χ3n) is 7.35. The van der Waals surface area contributed by atoms with Crippen molar-refractivity contribution in [2.24, 2.45) is 22.9 Å². The summed E-state index contributed by atoms with van der Waals surface area (Å²) in [4.78, 5) is -0.116. The Morgan fingerprint density at radius 1 is 0.977 bits per heavy atom. The van der Waals surface area contributed by atoms with Gasteiger partial charge in [-0.3, -0.25) is 4.18 Å². The molecule has 1 saturated carbocycles. The fourth-order valence-corrected chi connectivity index (χ4v) is 5.70. The second kappa shape index (κ2) is 15.7. The average molecular weight is 641 g/mol. The molecule has 3 rings (SSSR count). The van der Waals surface area contributed by atoms with Crippen LogP contribution in [0, 0.1) is 6.92 Å². The highest BCUT2D eigenvalue weighted by Crippen LogP contribution is 2.30. The van der Waals surface area contributed by atoms with Gasteiger partial charge in [-0.05, 0) is 25.5 Å². The van der Waals surface area contributed by atoms with Crippen molar-refractivity contribution in [1.82, 2.24) is 0 Å². The van der Waals surface area contributed by atoms with Crippen LogP contribution in [-0.2, 0) is 33.2 Å². The van der Waals surface area contributed by atoms with Crippen molar-refractivity contribution >= 4 is 10.1 Å². The van der Waals surface area contributed by atoms with E-state index in [1.54, 1.807) is 19.1 Å². The summed E-state index contributed by atoms with van der Waals surface area (Å²) in [6, 6.07) is 4.04. The number of rotatable bonds is 14. The highest BCUT2D eigenvalue weighted by Gasteiger charge is 2.50. The predicted molar refractivity (Wildman–Crippen MR) is 147 cm³/mol. The highest BCUT2D eigenvalue weighted by molar-refractivity contribution is 7.86. The summed E-state index contributed by atoms with van der Waals surface area (Å²) in [6.45, 7) is -0.228. The molecule has 248 valence electrons. The van der Waals surface area contributed by atoms with Gasteiger partial charge in [0.15, 0.2) is 12.6 Å². The molecule has 1 aromatic carbocycles. The molecular weight excluding hydrogens is 596 g/mol. The van der Waals surface area contributed by atoms with Gasteiger partial charge in [-0.25, -0.2) is 0 Å². The van der Waals surface area contributed by atoms with Gasteiger partial charge in [-0.15, -0.1) is 0 Å². The lowest BCUT2D eigenvalue weighted by Crippen LogP contribution is -2.67. The summed E-state index contributed by atoms with van der Waals surface area (Å²) >= 11 is 0. The maximum absolute atomic E-state index is 12.6. The van der Waals surface area contributed by atoms with Gasteiger partial charge in [0.1, 0.15) is 54.9 Å². The normalized spacial score (nSPS) is 35.8. The molecule has 0 spiro atoms. The SMILES string of the molecule is Cc1ccc(S(=O)(=O)OC[C@H](CO)OC(OC2C(N)CC(N)C(O[C@H]3OC(CN)[C@@H](O)C(O)C3O)[C@@H]2O)[C@H](O)CN)cc1. The maximum Gasteiger partial charge on any atom is 0.297 e. The number of benzene rings is 1. The van der Waals surface area contributed by atoms with Crippen LogP contribution in [0.2, 0.25) is 0 Å². The Morgan fingerprint density at radius 3 is 2.19 bits per heavy atom. The molecule has 1 heterocycles. The van der Waals surface area contributed by atoms with Crippen molar-refractivity contribution in [1.29, 1.82) is 0 Å². The molecule has 8 unspecified atom stereocenters. The lowest BCUT2D eigenvalue weighted by atomic mass is 9.84. The molecule has 1 aromatic rings. The fraction of sp³-hybridized carbons (Fsp3) is 0.760. The molecule has 13 atom stereocenters. The zero-order valence-corrected chi connectivity index (χ0v) is 24.4. The van der Waals surface area contributed by atoms with E-state index in [9.17, 15) is 39.1 Å². The Balaban J connectivity index is 1.71. The molecule has 1 saturated heterocycles. The van der Waals surface area contributed by atoms with Crippen molar-refractivity contribution in [2.45, 2.75) is 97.8 Å². The number of aliphatic hydroxyl groups excluding tert-OH is 6. The second-order valence-electron chi connectivity index (χ2n) is 10.7. The minimum atomic E-state index is -4.22. The number of hydrogen-bond acceptors (Lipinski definition) is 17. The van der Waals surface area contributed by atoms with Crippen LogP contribution < -0.4 is 22.9 Å². The van der Waals surface area contributed by atoms with E-state index in [0.717, 1.165) is 5.56 Å². The van der Waals surface area contributed by atoms with E-state index >= 15 is 0 Å². The standard InChI is InChI=1S/C25H44N4O13S/c1-11-2-4-13(5-3-11)43(36,37)38-10-12(9-30)39-24(16(31)7-26)41-22-14(28)6-15(29)23(21(22)35)42-25-20(34)19(33)18(32)17(8-27)40-25/h2-5,12,14-25,30-35H,6-10,26-29H2,1H3/t12-,14?,15?,16+,17?,18+,19?,20?,21+,22?,23?,24?,25+/m0/s1. The maximum atomic E-state index is 12.6. The van der Waals surface area contributed by atoms with Crippen molar-refractivity contribution in [3.8, 4) is 0 Å². The molecule has 0 aromatic heterocycles. The first-order valence-corrected chi connectivity index (χ1v) is 15.1. The molecule has 1 aliphatic carbocycles. The van der Waals surface area contributed by atoms with Crippen LogP contribution in [0.5, 0.6) is 0 Å². The van der Waals surface area contributed by atoms with E-state index in [0.29, 0.717) is 0 Å². The molecule has 18 heteroatoms. The molecule has 1 aliphatic heterocycles. The van der Waals surface area contributed by atoms with Crippen molar-refractivity contribution in [3.05, 3.63) is 29.8 Å². The van der Waals surface area contributed by atoms with E-state index in [4.69, 9.17) is 46.1 Å². The first-order chi connectivity index (χ1) is 20.2. The van der Waals surface area contributed by atoms with Crippen molar-refractivity contribution in [2.75, 3.05) is 26.3 Å². The third-order valence-corrected chi connectivity index (χ3v) is 8.65. The Morgan fingerprint density at radius 2 is 1.60 bits per heavy atom. The summed E-state index contributed by atoms with van der Waals surface area (Å²) < 4.78 is 52.8. The summed E-state index contributed by atoms with van der Waals surface area (Å²) in [5.74, 6) is 0. The lowest BCUT2D eigenvalue weighted by Gasteiger charge is -2.47. The molecule has 43 heavy (non-hydrogen) atoms. The van der Waals surface area contributed by atoms with E-state index in [1.807, 2.05) is 0 Å². The number of hydrogen-bond donors (Lipinski definition) is 10. The molecule has 17 nitrogen and oxygen atoms in total. The average Bonchev–Trinajstić information content (AvgIpc) is 2.98. The van der Waals surface area contributed by atoms with Crippen molar-refractivity contribution < 1.29 is 62.2 Å². The molecule has 2 fully saturated rings. The summed E-state index contributed by atoms with van der Waals surface area (Å²) in [5, 5.41) is 62.1. The number of aryl methyl sites for hydroxylation is 1. The van der Waals surface area contributed by atoms with E-state index < -0.39 is 109 Å². The Bertz CT molecular complexity index is 1100. The van der Waals surface area contributed by atoms with E-state index in [-0.39, 0.29) is 17.9 Å². The van der Waals surface area contributed by atoms with E-state index in [2.05, 4.69) is 0 Å². The number of nitrogens with two attached hydrogens (primary N) is 4. The molecule has 14 N–H and O–H groups in total. The molecule has 0 radical (unpaired) electrons. The molecule has 0 bridgehead atoms. The van der Waals surface area contributed by atoms with Gasteiger partial charge in [-0.2, -0.15) is 8.42 Å². The van der Waals surface area contributed by atoms with Gasteiger partial charge < -0.3 is 72.5 Å². The monoisotopic (exact) mass is 640 g/mol. The van der Waals surface area contributed by atoms with Crippen LogP contribution in [0.4, 0.5) is 0 Å². The van der Waals surface area contributed by atoms with Crippen LogP contribution in [0.15, 0.2) is 29.2 Å². The van der Waals surface area contributed by atoms with Crippen LogP contribution in [0.25, 0.3) is 0 Å². The largest absolute Gasteiger partial charge is 0.394 e. The topological polar surface area (TPSA) is 306 Å². The van der Waals surface area contributed by atoms with Gasteiger partial charge in [0, 0.05) is 25.2 Å². The summed E-state index contributed by atoms with van der Waals surface area (Å²) in [7, 11) is -4.22. The minimum absolute atomic E-state index is 0.00742. The zero-order valence-electron chi connectivity index (χ0n) is 23.6. The minimum Gasteiger partial charge on any atom is -0.394 e. The van der Waals surface area contributed by atoms with Gasteiger partial charge in [-0.1, -0.05) is 17.7 Å². The fourth-order valence-electron chi connectivity index (χ4n) is 4.76. The van der Waals surface area contributed by atoms with Gasteiger partial charge in [0.05, 0.1) is 18.1 Å². The zero-order chi connectivity index (χ0) is 32.1. The van der Waals surface area contributed by atoms with Gasteiger partial charge >= 0.3 is 0 Å². The Kier molecular flexibility index (Phi) is 13.2. The quantitative estimate of drug-likeness (QED) is 0.0670. The second-order valence-corrected chi connectivity index (χ2v) is 12.3. The van der Waals surface area contributed by atoms with Crippen LogP contribution in [0.1, 0.15) is 12.0 Å². The van der Waals surface area contributed by atoms with Crippen LogP contribution in [-0.4, -0.2) is 145 Å². The highest BCUT2D eigenvalue weighted by atomic mass is 32.2. The van der Waals surface area contributed by atoms with Crippen molar-refractivity contribution in [3.63, 3.8) is 0 Å². The first-order valence-electron chi connectivity index (χ1n) is 13.7. The van der Waals surface area contributed by atoms with Crippen LogP contribution in [0.3, 0.4) is 0 Å². The molecule has 0 amide bonds. The lowest BCUT2D eigenvalue weighted by molar-refractivity contribution is -0.325.